The van der Waals surface area contributed by atoms with Gasteiger partial charge in [-0.25, -0.2) is 4.39 Å². The first kappa shape index (κ1) is 21.2. The molecule has 0 saturated carbocycles. The van der Waals surface area contributed by atoms with Crippen molar-refractivity contribution in [3.8, 4) is 33.6 Å². The molecule has 0 N–H and O–H groups in total. The number of aryl methyl sites for hydroxylation is 1. The predicted molar refractivity (Wildman–Crippen MR) is 127 cm³/mol. The second-order valence-corrected chi connectivity index (χ2v) is 9.17. The van der Waals surface area contributed by atoms with E-state index in [1.807, 2.05) is 37.3 Å². The number of hydrogen-bond acceptors (Lipinski definition) is 2. The first-order valence-electron chi connectivity index (χ1n) is 10.2. The maximum absolute atomic E-state index is 13.6. The third-order valence-electron chi connectivity index (χ3n) is 5.43. The number of rotatable bonds is 3. The van der Waals surface area contributed by atoms with E-state index in [0.29, 0.717) is 5.02 Å². The number of halogens is 2. The predicted octanol–water partition coefficient (Wildman–Crippen LogP) is 7.88. The lowest BCUT2D eigenvalue weighted by Crippen LogP contribution is -2.11. The summed E-state index contributed by atoms with van der Waals surface area (Å²) in [6.07, 6.45) is 3.05. The zero-order valence-electron chi connectivity index (χ0n) is 18.1. The lowest BCUT2D eigenvalue weighted by Gasteiger charge is -2.22. The molecule has 2 nitrogen and oxygen atoms in total. The molecule has 0 aliphatic heterocycles. The van der Waals surface area contributed by atoms with Crippen LogP contribution in [0.3, 0.4) is 0 Å². The SMILES string of the molecule is Cc1cccnc1-c1cc(Cl)ccc1-c1ccc(C(C)(C)C)cc1-c1ccc(F)cn1. The Hall–Kier alpha value is -3.04. The van der Waals surface area contributed by atoms with Crippen molar-refractivity contribution < 1.29 is 4.39 Å². The highest BCUT2D eigenvalue weighted by Gasteiger charge is 2.20. The van der Waals surface area contributed by atoms with E-state index in [1.54, 1.807) is 12.3 Å². The summed E-state index contributed by atoms with van der Waals surface area (Å²) in [6, 6.07) is 19.4. The minimum atomic E-state index is -0.353. The molecular formula is C27H24ClFN2. The van der Waals surface area contributed by atoms with Crippen LogP contribution in [0.15, 0.2) is 73.1 Å². The van der Waals surface area contributed by atoms with Crippen LogP contribution >= 0.6 is 11.6 Å². The molecule has 156 valence electrons. The van der Waals surface area contributed by atoms with Gasteiger partial charge in [-0.3, -0.25) is 9.97 Å². The molecule has 2 heterocycles. The van der Waals surface area contributed by atoms with Crippen LogP contribution < -0.4 is 0 Å². The van der Waals surface area contributed by atoms with Crippen molar-refractivity contribution >= 4 is 11.6 Å². The van der Waals surface area contributed by atoms with Gasteiger partial charge in [0.1, 0.15) is 5.82 Å². The Morgan fingerprint density at radius 3 is 2.23 bits per heavy atom. The third kappa shape index (κ3) is 4.38. The third-order valence-corrected chi connectivity index (χ3v) is 5.66. The van der Waals surface area contributed by atoms with Gasteiger partial charge in [0.2, 0.25) is 0 Å². The number of nitrogens with zero attached hydrogens (tertiary/aromatic N) is 2. The molecule has 0 amide bonds. The fourth-order valence-corrected chi connectivity index (χ4v) is 3.88. The molecule has 31 heavy (non-hydrogen) atoms. The van der Waals surface area contributed by atoms with Gasteiger partial charge < -0.3 is 0 Å². The standard InChI is InChI=1S/C27H24ClFN2/c1-17-6-5-13-30-26(17)24-15-19(28)8-11-22(24)21-10-7-18(27(2,3)4)14-23(21)25-12-9-20(29)16-31-25/h5-16H,1-4H3. The topological polar surface area (TPSA) is 25.8 Å². The van der Waals surface area contributed by atoms with Crippen LogP contribution in [0, 0.1) is 12.7 Å². The quantitative estimate of drug-likeness (QED) is 0.330. The van der Waals surface area contributed by atoms with Gasteiger partial charge >= 0.3 is 0 Å². The van der Waals surface area contributed by atoms with E-state index in [-0.39, 0.29) is 11.2 Å². The maximum atomic E-state index is 13.6. The highest BCUT2D eigenvalue weighted by atomic mass is 35.5. The first-order valence-corrected chi connectivity index (χ1v) is 10.6. The van der Waals surface area contributed by atoms with Crippen molar-refractivity contribution in [1.29, 1.82) is 0 Å². The number of pyridine rings is 2. The summed E-state index contributed by atoms with van der Waals surface area (Å²) >= 11 is 6.38. The van der Waals surface area contributed by atoms with Gasteiger partial charge in [0.15, 0.2) is 0 Å². The Bertz CT molecular complexity index is 1240. The summed E-state index contributed by atoms with van der Waals surface area (Å²) in [5.41, 5.74) is 7.74. The monoisotopic (exact) mass is 430 g/mol. The largest absolute Gasteiger partial charge is 0.256 e. The fourth-order valence-electron chi connectivity index (χ4n) is 3.71. The van der Waals surface area contributed by atoms with Gasteiger partial charge in [0, 0.05) is 22.3 Å². The van der Waals surface area contributed by atoms with E-state index in [9.17, 15) is 4.39 Å². The molecular weight excluding hydrogens is 407 g/mol. The highest BCUT2D eigenvalue weighted by Crippen LogP contribution is 2.41. The second-order valence-electron chi connectivity index (χ2n) is 8.73. The van der Waals surface area contributed by atoms with Crippen LogP contribution in [0.25, 0.3) is 33.6 Å². The first-order chi connectivity index (χ1) is 14.7. The molecule has 0 spiro atoms. The van der Waals surface area contributed by atoms with E-state index in [1.165, 1.54) is 17.8 Å². The van der Waals surface area contributed by atoms with Crippen LogP contribution in [-0.2, 0) is 5.41 Å². The zero-order chi connectivity index (χ0) is 22.2. The molecule has 0 atom stereocenters. The Morgan fingerprint density at radius 2 is 1.55 bits per heavy atom. The van der Waals surface area contributed by atoms with Crippen molar-refractivity contribution in [2.75, 3.05) is 0 Å². The molecule has 4 heteroatoms. The molecule has 4 rings (SSSR count). The lowest BCUT2D eigenvalue weighted by molar-refractivity contribution is 0.590. The van der Waals surface area contributed by atoms with Gasteiger partial charge in [-0.15, -0.1) is 0 Å². The van der Waals surface area contributed by atoms with Crippen molar-refractivity contribution in [3.05, 3.63) is 95.0 Å². The van der Waals surface area contributed by atoms with Crippen LogP contribution in [0.5, 0.6) is 0 Å². The van der Waals surface area contributed by atoms with Crippen molar-refractivity contribution in [3.63, 3.8) is 0 Å². The minimum Gasteiger partial charge on any atom is -0.256 e. The highest BCUT2D eigenvalue weighted by molar-refractivity contribution is 6.31. The van der Waals surface area contributed by atoms with E-state index in [4.69, 9.17) is 11.6 Å². The molecule has 0 unspecified atom stereocenters. The Balaban J connectivity index is 2.01. The van der Waals surface area contributed by atoms with Crippen molar-refractivity contribution in [2.45, 2.75) is 33.1 Å². The molecule has 0 fully saturated rings. The zero-order valence-corrected chi connectivity index (χ0v) is 18.8. The summed E-state index contributed by atoms with van der Waals surface area (Å²) in [4.78, 5) is 9.00. The number of hydrogen-bond donors (Lipinski definition) is 0. The minimum absolute atomic E-state index is 0.0340. The molecule has 0 radical (unpaired) electrons. The van der Waals surface area contributed by atoms with Gasteiger partial charge in [-0.05, 0) is 71.0 Å². The van der Waals surface area contributed by atoms with E-state index in [2.05, 4.69) is 48.9 Å². The Kier molecular flexibility index (Phi) is 5.63. The van der Waals surface area contributed by atoms with Crippen molar-refractivity contribution in [2.24, 2.45) is 0 Å². The summed E-state index contributed by atoms with van der Waals surface area (Å²) in [7, 11) is 0. The summed E-state index contributed by atoms with van der Waals surface area (Å²) in [6.45, 7) is 8.57. The summed E-state index contributed by atoms with van der Waals surface area (Å²) in [5, 5.41) is 0.650. The van der Waals surface area contributed by atoms with Crippen LogP contribution in [0.2, 0.25) is 5.02 Å². The molecule has 2 aromatic heterocycles. The normalized spacial score (nSPS) is 11.5. The fraction of sp³-hybridized carbons (Fsp3) is 0.185. The van der Waals surface area contributed by atoms with Gasteiger partial charge in [-0.2, -0.15) is 0 Å². The molecule has 0 saturated heterocycles. The summed E-state index contributed by atoms with van der Waals surface area (Å²) in [5.74, 6) is -0.353. The van der Waals surface area contributed by atoms with Crippen molar-refractivity contribution in [1.82, 2.24) is 9.97 Å². The average Bonchev–Trinajstić information content (AvgIpc) is 2.74. The van der Waals surface area contributed by atoms with Crippen LogP contribution in [0.4, 0.5) is 4.39 Å². The second kappa shape index (κ2) is 8.24. The number of benzene rings is 2. The molecule has 0 aliphatic carbocycles. The summed E-state index contributed by atoms with van der Waals surface area (Å²) < 4.78 is 13.6. The van der Waals surface area contributed by atoms with E-state index in [0.717, 1.165) is 39.2 Å². The smallest absolute Gasteiger partial charge is 0.141 e. The Labute approximate surface area is 187 Å². The lowest BCUT2D eigenvalue weighted by atomic mass is 9.83. The van der Waals surface area contributed by atoms with E-state index < -0.39 is 0 Å². The maximum Gasteiger partial charge on any atom is 0.141 e. The van der Waals surface area contributed by atoms with Gasteiger partial charge in [0.25, 0.3) is 0 Å². The number of aromatic nitrogens is 2. The average molecular weight is 431 g/mol. The van der Waals surface area contributed by atoms with Gasteiger partial charge in [0.05, 0.1) is 17.6 Å². The Morgan fingerprint density at radius 1 is 0.806 bits per heavy atom. The molecule has 2 aromatic carbocycles. The molecule has 0 aliphatic rings. The van der Waals surface area contributed by atoms with Crippen LogP contribution in [-0.4, -0.2) is 9.97 Å². The van der Waals surface area contributed by atoms with Crippen LogP contribution in [0.1, 0.15) is 31.9 Å². The molecule has 0 bridgehead atoms. The van der Waals surface area contributed by atoms with Gasteiger partial charge in [-0.1, -0.05) is 56.6 Å². The molecule has 4 aromatic rings. The van der Waals surface area contributed by atoms with E-state index >= 15 is 0 Å².